The summed E-state index contributed by atoms with van der Waals surface area (Å²) in [5, 5.41) is 26.0. The minimum Gasteiger partial charge on any atom is -0.490 e. The first-order valence-corrected chi connectivity index (χ1v) is 13.3. The number of carbonyl (C=O) groups excluding carboxylic acids is 1. The first kappa shape index (κ1) is 26.2. The van der Waals surface area contributed by atoms with Gasteiger partial charge in [0.25, 0.3) is 5.89 Å². The van der Waals surface area contributed by atoms with Crippen molar-refractivity contribution in [3.05, 3.63) is 53.1 Å². The lowest BCUT2D eigenvalue weighted by atomic mass is 9.97. The molecule has 0 bridgehead atoms. The normalized spacial score (nSPS) is 17.1. The number of carboxylic acid groups (broad SMARTS) is 1. The van der Waals surface area contributed by atoms with Gasteiger partial charge in [0.05, 0.1) is 17.6 Å². The summed E-state index contributed by atoms with van der Waals surface area (Å²) in [5.41, 5.74) is 4.24. The van der Waals surface area contributed by atoms with Crippen LogP contribution in [0, 0.1) is 17.2 Å². The van der Waals surface area contributed by atoms with Crippen molar-refractivity contribution < 1.29 is 24.0 Å². The molecule has 202 valence electrons. The van der Waals surface area contributed by atoms with E-state index in [4.69, 9.17) is 9.26 Å². The Morgan fingerprint density at radius 1 is 1.23 bits per heavy atom. The van der Waals surface area contributed by atoms with Crippen molar-refractivity contribution in [2.45, 2.75) is 51.6 Å². The van der Waals surface area contributed by atoms with Crippen LogP contribution in [0.25, 0.3) is 22.8 Å². The number of urea groups is 1. The molecule has 2 heterocycles. The van der Waals surface area contributed by atoms with Crippen LogP contribution < -0.4 is 10.1 Å². The van der Waals surface area contributed by atoms with Crippen LogP contribution in [0.4, 0.5) is 4.79 Å². The minimum atomic E-state index is -0.789. The molecule has 1 fully saturated rings. The maximum absolute atomic E-state index is 12.7. The monoisotopic (exact) mass is 529 g/mol. The summed E-state index contributed by atoms with van der Waals surface area (Å²) < 4.78 is 11.3. The van der Waals surface area contributed by atoms with Crippen LogP contribution in [-0.2, 0) is 11.2 Å². The van der Waals surface area contributed by atoms with Crippen molar-refractivity contribution in [3.8, 4) is 34.7 Å². The van der Waals surface area contributed by atoms with E-state index in [2.05, 4.69) is 27.6 Å². The predicted molar refractivity (Wildman–Crippen MR) is 142 cm³/mol. The molecule has 2 N–H and O–H groups in total. The second-order valence-electron chi connectivity index (χ2n) is 10.3. The summed E-state index contributed by atoms with van der Waals surface area (Å²) in [6, 6.07) is 13.3. The highest BCUT2D eigenvalue weighted by atomic mass is 16.5. The molecule has 1 unspecified atom stereocenters. The number of likely N-dealkylation sites (tertiary alicyclic amines) is 1. The Balaban J connectivity index is 1.27. The summed E-state index contributed by atoms with van der Waals surface area (Å²) in [6.07, 6.45) is 2.64. The van der Waals surface area contributed by atoms with E-state index in [1.54, 1.807) is 23.1 Å². The fraction of sp³-hybridized carbons (Fsp3) is 0.414. The number of aliphatic carboxylic acids is 1. The average Bonchev–Trinajstić information content (AvgIpc) is 3.59. The number of amides is 2. The van der Waals surface area contributed by atoms with Crippen LogP contribution >= 0.6 is 0 Å². The number of carbonyl (C=O) groups is 2. The van der Waals surface area contributed by atoms with E-state index in [0.717, 1.165) is 29.5 Å². The van der Waals surface area contributed by atoms with Crippen molar-refractivity contribution in [2.24, 2.45) is 5.92 Å². The molecular formula is C29H31N5O5. The number of hydrogen-bond acceptors (Lipinski definition) is 7. The molecule has 2 amide bonds. The molecule has 0 saturated carbocycles. The molecule has 2 aliphatic rings. The van der Waals surface area contributed by atoms with E-state index < -0.39 is 5.97 Å². The molecule has 0 radical (unpaired) electrons. The zero-order chi connectivity index (χ0) is 27.5. The number of nitriles is 1. The number of carboxylic acids is 1. The number of nitrogens with one attached hydrogen (secondary N) is 1. The fourth-order valence-electron chi connectivity index (χ4n) is 5.37. The van der Waals surface area contributed by atoms with Gasteiger partial charge in [0.2, 0.25) is 5.82 Å². The Morgan fingerprint density at radius 2 is 2.03 bits per heavy atom. The first-order valence-electron chi connectivity index (χ1n) is 13.3. The molecule has 1 aliphatic heterocycles. The lowest BCUT2D eigenvalue weighted by molar-refractivity contribution is -0.143. The van der Waals surface area contributed by atoms with Crippen LogP contribution in [0.1, 0.15) is 55.7 Å². The number of benzene rings is 2. The van der Waals surface area contributed by atoms with Crippen molar-refractivity contribution in [2.75, 3.05) is 19.6 Å². The molecule has 1 aliphatic carbocycles. The van der Waals surface area contributed by atoms with Crippen LogP contribution in [0.5, 0.6) is 5.75 Å². The zero-order valence-corrected chi connectivity index (χ0v) is 22.0. The molecule has 5 rings (SSSR count). The van der Waals surface area contributed by atoms with Gasteiger partial charge < -0.3 is 24.6 Å². The van der Waals surface area contributed by atoms with E-state index in [1.165, 1.54) is 0 Å². The van der Waals surface area contributed by atoms with Gasteiger partial charge in [0, 0.05) is 36.7 Å². The van der Waals surface area contributed by atoms with Crippen molar-refractivity contribution in [1.82, 2.24) is 20.4 Å². The molecule has 1 saturated heterocycles. The standard InChI is InChI=1S/C29H31N5O5/c1-17(2)38-25-9-7-19(14-21(25)15-30)27-32-26(33-39-27)24-5-3-4-22-20(6-8-23(22)24)16-31-29(37)34-12-10-18(11-13-34)28(35)36/h3-5,7,9,14,17-18,20H,6,8,10-13,16H2,1-2H3,(H,31,37)(H,35,36). The van der Waals surface area contributed by atoms with Gasteiger partial charge in [0.1, 0.15) is 11.8 Å². The Morgan fingerprint density at radius 3 is 2.74 bits per heavy atom. The maximum Gasteiger partial charge on any atom is 0.317 e. The molecule has 3 aromatic rings. The predicted octanol–water partition coefficient (Wildman–Crippen LogP) is 4.60. The fourth-order valence-corrected chi connectivity index (χ4v) is 5.37. The summed E-state index contributed by atoms with van der Waals surface area (Å²) in [5.74, 6) is 0.325. The Hall–Kier alpha value is -4.39. The van der Waals surface area contributed by atoms with Crippen LogP contribution in [-0.4, -0.2) is 57.9 Å². The smallest absolute Gasteiger partial charge is 0.317 e. The average molecular weight is 530 g/mol. The van der Waals surface area contributed by atoms with E-state index in [0.29, 0.717) is 61.1 Å². The van der Waals surface area contributed by atoms with Gasteiger partial charge in [-0.3, -0.25) is 4.79 Å². The number of piperidine rings is 1. The third kappa shape index (κ3) is 5.58. The molecule has 0 spiro atoms. The summed E-state index contributed by atoms with van der Waals surface area (Å²) >= 11 is 0. The Bertz CT molecular complexity index is 1420. The second-order valence-corrected chi connectivity index (χ2v) is 10.3. The number of ether oxygens (including phenoxy) is 1. The van der Waals surface area contributed by atoms with Gasteiger partial charge in [-0.2, -0.15) is 10.2 Å². The lowest BCUT2D eigenvalue weighted by Gasteiger charge is -2.30. The molecule has 10 nitrogen and oxygen atoms in total. The Kier molecular flexibility index (Phi) is 7.50. The SMILES string of the molecule is CC(C)Oc1ccc(-c2nc(-c3cccc4c3CCC4CNC(=O)N3CCC(C(=O)O)CC3)no2)cc1C#N. The molecule has 1 aromatic heterocycles. The van der Waals surface area contributed by atoms with Crippen molar-refractivity contribution in [1.29, 1.82) is 5.26 Å². The molecule has 39 heavy (non-hydrogen) atoms. The molecular weight excluding hydrogens is 498 g/mol. The maximum atomic E-state index is 12.7. The number of aromatic nitrogens is 2. The second kappa shape index (κ2) is 11.2. The van der Waals surface area contributed by atoms with Gasteiger partial charge in [-0.05, 0) is 68.9 Å². The molecule has 10 heteroatoms. The lowest BCUT2D eigenvalue weighted by Crippen LogP contribution is -2.46. The summed E-state index contributed by atoms with van der Waals surface area (Å²) in [7, 11) is 0. The summed E-state index contributed by atoms with van der Waals surface area (Å²) in [6.45, 7) is 5.23. The highest BCUT2D eigenvalue weighted by Gasteiger charge is 2.30. The number of fused-ring (bicyclic) bond motifs is 1. The molecule has 1 atom stereocenters. The van der Waals surface area contributed by atoms with Crippen LogP contribution in [0.3, 0.4) is 0 Å². The Labute approximate surface area is 226 Å². The minimum absolute atomic E-state index is 0.0494. The zero-order valence-electron chi connectivity index (χ0n) is 22.0. The number of nitrogens with zero attached hydrogens (tertiary/aromatic N) is 4. The third-order valence-electron chi connectivity index (χ3n) is 7.40. The topological polar surface area (TPSA) is 142 Å². The van der Waals surface area contributed by atoms with Crippen LogP contribution in [0.2, 0.25) is 0 Å². The summed E-state index contributed by atoms with van der Waals surface area (Å²) in [4.78, 5) is 30.2. The number of rotatable bonds is 7. The van der Waals surface area contributed by atoms with Gasteiger partial charge >= 0.3 is 12.0 Å². The van der Waals surface area contributed by atoms with Gasteiger partial charge in [-0.15, -0.1) is 0 Å². The molecule has 2 aromatic carbocycles. The first-order chi connectivity index (χ1) is 18.8. The van der Waals surface area contributed by atoms with E-state index in [-0.39, 0.29) is 24.0 Å². The van der Waals surface area contributed by atoms with E-state index in [1.807, 2.05) is 26.0 Å². The number of hydrogen-bond donors (Lipinski definition) is 2. The van der Waals surface area contributed by atoms with Gasteiger partial charge in [-0.1, -0.05) is 23.4 Å². The third-order valence-corrected chi connectivity index (χ3v) is 7.40. The van der Waals surface area contributed by atoms with Crippen LogP contribution in [0.15, 0.2) is 40.9 Å². The quantitative estimate of drug-likeness (QED) is 0.452. The van der Waals surface area contributed by atoms with Crippen molar-refractivity contribution in [3.63, 3.8) is 0 Å². The van der Waals surface area contributed by atoms with E-state index in [9.17, 15) is 20.0 Å². The largest absolute Gasteiger partial charge is 0.490 e. The van der Waals surface area contributed by atoms with Gasteiger partial charge in [0.15, 0.2) is 0 Å². The highest BCUT2D eigenvalue weighted by Crippen LogP contribution is 2.38. The van der Waals surface area contributed by atoms with E-state index >= 15 is 0 Å². The van der Waals surface area contributed by atoms with Gasteiger partial charge in [-0.25, -0.2) is 4.79 Å². The van der Waals surface area contributed by atoms with Crippen molar-refractivity contribution >= 4 is 12.0 Å². The highest BCUT2D eigenvalue weighted by molar-refractivity contribution is 5.75.